The lowest BCUT2D eigenvalue weighted by Crippen LogP contribution is -2.35. The summed E-state index contributed by atoms with van der Waals surface area (Å²) < 4.78 is 4.99. The summed E-state index contributed by atoms with van der Waals surface area (Å²) in [6.07, 6.45) is 2.97. The Kier molecular flexibility index (Phi) is 6.07. The zero-order chi connectivity index (χ0) is 13.4. The molecule has 1 rings (SSSR count). The maximum Gasteiger partial charge on any atom is 0.275 e. The van der Waals surface area contributed by atoms with Gasteiger partial charge in [0.25, 0.3) is 5.91 Å². The lowest BCUT2D eigenvalue weighted by Gasteiger charge is -2.17. The van der Waals surface area contributed by atoms with Crippen LogP contribution in [0.3, 0.4) is 0 Å². The van der Waals surface area contributed by atoms with E-state index in [-0.39, 0.29) is 17.5 Å². The Bertz CT molecular complexity index is 380. The minimum atomic E-state index is -0.257. The van der Waals surface area contributed by atoms with E-state index < -0.39 is 0 Å². The molecule has 1 heterocycles. The first-order valence-corrected chi connectivity index (χ1v) is 6.08. The number of nitrogens with one attached hydrogen (secondary N) is 1. The van der Waals surface area contributed by atoms with Crippen molar-refractivity contribution in [2.24, 2.45) is 0 Å². The van der Waals surface area contributed by atoms with Crippen molar-refractivity contribution in [2.45, 2.75) is 13.8 Å². The number of methoxy groups -OCH3 is 1. The predicted octanol–water partition coefficient (Wildman–Crippen LogP) is 0.557. The second kappa shape index (κ2) is 7.60. The summed E-state index contributed by atoms with van der Waals surface area (Å²) in [5.41, 5.74) is 0.222. The second-order valence-corrected chi connectivity index (χ2v) is 3.70. The summed E-state index contributed by atoms with van der Waals surface area (Å²) in [5.74, 6) is -0.00931. The average molecular weight is 252 g/mol. The topological polar surface area (TPSA) is 67.4 Å². The quantitative estimate of drug-likeness (QED) is 0.768. The number of amides is 1. The molecule has 0 aliphatic carbocycles. The first-order chi connectivity index (χ1) is 8.72. The molecular formula is C12H20N4O2. The van der Waals surface area contributed by atoms with Crippen LogP contribution in [0.1, 0.15) is 24.3 Å². The van der Waals surface area contributed by atoms with Crippen LogP contribution in [-0.2, 0) is 0 Å². The third-order valence-electron chi connectivity index (χ3n) is 2.68. The van der Waals surface area contributed by atoms with Crippen LogP contribution in [0.25, 0.3) is 0 Å². The summed E-state index contributed by atoms with van der Waals surface area (Å²) in [5, 5.41) is 2.81. The van der Waals surface area contributed by atoms with E-state index in [9.17, 15) is 4.79 Å². The number of hydrogen-bond acceptors (Lipinski definition) is 5. The zero-order valence-corrected chi connectivity index (χ0v) is 11.1. The highest BCUT2D eigenvalue weighted by molar-refractivity contribution is 5.94. The van der Waals surface area contributed by atoms with Crippen LogP contribution in [0.15, 0.2) is 12.4 Å². The molecule has 1 aromatic heterocycles. The van der Waals surface area contributed by atoms with Gasteiger partial charge in [-0.05, 0) is 13.1 Å². The molecule has 6 nitrogen and oxygen atoms in total. The molecule has 0 atom stereocenters. The molecule has 0 fully saturated rings. The van der Waals surface area contributed by atoms with E-state index in [1.165, 1.54) is 19.5 Å². The SMILES string of the molecule is CCN(CC)CCNC(=O)c1nccnc1OC. The molecule has 1 aromatic rings. The molecular weight excluding hydrogens is 232 g/mol. The van der Waals surface area contributed by atoms with Crippen molar-refractivity contribution in [3.63, 3.8) is 0 Å². The van der Waals surface area contributed by atoms with Crippen molar-refractivity contribution in [3.8, 4) is 5.88 Å². The van der Waals surface area contributed by atoms with Crippen LogP contribution in [0.2, 0.25) is 0 Å². The first kappa shape index (κ1) is 14.4. The number of carbonyl (C=O) groups excluding carboxylic acids is 1. The van der Waals surface area contributed by atoms with Crippen LogP contribution in [-0.4, -0.2) is 54.1 Å². The third kappa shape index (κ3) is 3.96. The number of aromatic nitrogens is 2. The monoisotopic (exact) mass is 252 g/mol. The fourth-order valence-electron chi connectivity index (χ4n) is 1.58. The van der Waals surface area contributed by atoms with Gasteiger partial charge in [0, 0.05) is 25.5 Å². The molecule has 0 saturated carbocycles. The Balaban J connectivity index is 2.50. The lowest BCUT2D eigenvalue weighted by molar-refractivity contribution is 0.0939. The molecule has 6 heteroatoms. The van der Waals surface area contributed by atoms with E-state index in [0.29, 0.717) is 6.54 Å². The van der Waals surface area contributed by atoms with Gasteiger partial charge in [-0.1, -0.05) is 13.8 Å². The van der Waals surface area contributed by atoms with Crippen LogP contribution in [0.5, 0.6) is 5.88 Å². The molecule has 0 aromatic carbocycles. The number of nitrogens with zero attached hydrogens (tertiary/aromatic N) is 3. The molecule has 100 valence electrons. The average Bonchev–Trinajstić information content (AvgIpc) is 2.43. The second-order valence-electron chi connectivity index (χ2n) is 3.70. The molecule has 0 aliphatic rings. The highest BCUT2D eigenvalue weighted by Gasteiger charge is 2.14. The molecule has 0 bridgehead atoms. The van der Waals surface area contributed by atoms with Crippen molar-refractivity contribution >= 4 is 5.91 Å². The Labute approximate surface area is 107 Å². The largest absolute Gasteiger partial charge is 0.479 e. The molecule has 1 amide bonds. The van der Waals surface area contributed by atoms with E-state index in [0.717, 1.165) is 19.6 Å². The van der Waals surface area contributed by atoms with E-state index >= 15 is 0 Å². The molecule has 1 N–H and O–H groups in total. The van der Waals surface area contributed by atoms with Crippen LogP contribution in [0.4, 0.5) is 0 Å². The van der Waals surface area contributed by atoms with Gasteiger partial charge in [0.15, 0.2) is 5.69 Å². The molecule has 18 heavy (non-hydrogen) atoms. The summed E-state index contributed by atoms with van der Waals surface area (Å²) >= 11 is 0. The fourth-order valence-corrected chi connectivity index (χ4v) is 1.58. The standard InChI is InChI=1S/C12H20N4O2/c1-4-16(5-2)9-8-14-11(17)10-12(18-3)15-7-6-13-10/h6-7H,4-5,8-9H2,1-3H3,(H,14,17). The molecule has 0 aliphatic heterocycles. The summed E-state index contributed by atoms with van der Waals surface area (Å²) in [6.45, 7) is 7.54. The smallest absolute Gasteiger partial charge is 0.275 e. The highest BCUT2D eigenvalue weighted by atomic mass is 16.5. The van der Waals surface area contributed by atoms with Crippen molar-refractivity contribution in [3.05, 3.63) is 18.1 Å². The molecule has 0 unspecified atom stereocenters. The maximum atomic E-state index is 11.9. The summed E-state index contributed by atoms with van der Waals surface area (Å²) in [4.78, 5) is 22.0. The number of likely N-dealkylation sites (N-methyl/N-ethyl adjacent to an activating group) is 1. The van der Waals surface area contributed by atoms with E-state index in [2.05, 4.69) is 34.0 Å². The minimum absolute atomic E-state index is 0.222. The van der Waals surface area contributed by atoms with Gasteiger partial charge >= 0.3 is 0 Å². The Morgan fingerprint density at radius 1 is 1.33 bits per heavy atom. The van der Waals surface area contributed by atoms with E-state index in [1.807, 2.05) is 0 Å². The van der Waals surface area contributed by atoms with Crippen molar-refractivity contribution in [1.29, 1.82) is 0 Å². The molecule has 0 radical (unpaired) electrons. The van der Waals surface area contributed by atoms with Crippen molar-refractivity contribution < 1.29 is 9.53 Å². The number of rotatable bonds is 7. The van der Waals surface area contributed by atoms with Crippen LogP contribution < -0.4 is 10.1 Å². The minimum Gasteiger partial charge on any atom is -0.479 e. The number of hydrogen-bond donors (Lipinski definition) is 1. The van der Waals surface area contributed by atoms with Gasteiger partial charge in [0.05, 0.1) is 7.11 Å². The van der Waals surface area contributed by atoms with Crippen molar-refractivity contribution in [1.82, 2.24) is 20.2 Å². The van der Waals surface area contributed by atoms with Gasteiger partial charge in [-0.25, -0.2) is 9.97 Å². The van der Waals surface area contributed by atoms with Gasteiger partial charge in [0.2, 0.25) is 5.88 Å². The van der Waals surface area contributed by atoms with Gasteiger partial charge in [0.1, 0.15) is 0 Å². The number of ether oxygens (including phenoxy) is 1. The first-order valence-electron chi connectivity index (χ1n) is 6.08. The third-order valence-corrected chi connectivity index (χ3v) is 2.68. The maximum absolute atomic E-state index is 11.9. The molecule has 0 saturated heterocycles. The van der Waals surface area contributed by atoms with Gasteiger partial charge in [-0.15, -0.1) is 0 Å². The summed E-state index contributed by atoms with van der Waals surface area (Å²) in [6, 6.07) is 0. The van der Waals surface area contributed by atoms with E-state index in [1.54, 1.807) is 0 Å². The van der Waals surface area contributed by atoms with Crippen molar-refractivity contribution in [2.75, 3.05) is 33.3 Å². The Morgan fingerprint density at radius 3 is 2.61 bits per heavy atom. The predicted molar refractivity (Wildman–Crippen MR) is 68.7 cm³/mol. The highest BCUT2D eigenvalue weighted by Crippen LogP contribution is 2.09. The normalized spacial score (nSPS) is 10.4. The Hall–Kier alpha value is -1.69. The van der Waals surface area contributed by atoms with E-state index in [4.69, 9.17) is 4.74 Å². The van der Waals surface area contributed by atoms with Gasteiger partial charge in [-0.2, -0.15) is 0 Å². The zero-order valence-electron chi connectivity index (χ0n) is 11.1. The van der Waals surface area contributed by atoms with Gasteiger partial charge in [-0.3, -0.25) is 4.79 Å². The number of carbonyl (C=O) groups is 1. The van der Waals surface area contributed by atoms with Gasteiger partial charge < -0.3 is 15.0 Å². The molecule has 0 spiro atoms. The van der Waals surface area contributed by atoms with Crippen LogP contribution >= 0.6 is 0 Å². The Morgan fingerprint density at radius 2 is 2.00 bits per heavy atom. The summed E-state index contributed by atoms with van der Waals surface area (Å²) in [7, 11) is 1.47. The fraction of sp³-hybridized carbons (Fsp3) is 0.583. The lowest BCUT2D eigenvalue weighted by atomic mass is 10.4. The van der Waals surface area contributed by atoms with Crippen LogP contribution in [0, 0.1) is 0 Å².